The average molecular weight is 409 g/mol. The van der Waals surface area contributed by atoms with Crippen molar-refractivity contribution in [3.8, 4) is 17.2 Å². The molecule has 0 fully saturated rings. The molecule has 2 rings (SSSR count). The summed E-state index contributed by atoms with van der Waals surface area (Å²) in [6, 6.07) is 7.59. The highest BCUT2D eigenvalue weighted by Gasteiger charge is 2.30. The Morgan fingerprint density at radius 3 is 2.17 bits per heavy atom. The van der Waals surface area contributed by atoms with Crippen LogP contribution in [0, 0.1) is 0 Å². The van der Waals surface area contributed by atoms with Gasteiger partial charge in [0.25, 0.3) is 0 Å². The standard InChI is InChI=1S/C21H22F3NO4/c1-13(15-6-5-7-16(12-15)21(22,23)24)25-19(26)9-8-14-10-17(27-2)20(29-4)18(11-14)28-3/h5-13H,1-4H3,(H,25,26)/b9-8+. The van der Waals surface area contributed by atoms with Gasteiger partial charge in [-0.15, -0.1) is 0 Å². The van der Waals surface area contributed by atoms with Crippen LogP contribution in [0.3, 0.4) is 0 Å². The molecule has 0 aliphatic carbocycles. The minimum Gasteiger partial charge on any atom is -0.493 e. The number of benzene rings is 2. The van der Waals surface area contributed by atoms with E-state index < -0.39 is 23.7 Å². The number of rotatable bonds is 7. The van der Waals surface area contributed by atoms with Crippen LogP contribution in [-0.4, -0.2) is 27.2 Å². The van der Waals surface area contributed by atoms with Crippen molar-refractivity contribution in [2.75, 3.05) is 21.3 Å². The van der Waals surface area contributed by atoms with Gasteiger partial charge >= 0.3 is 6.18 Å². The van der Waals surface area contributed by atoms with Gasteiger partial charge in [0.15, 0.2) is 11.5 Å². The monoisotopic (exact) mass is 409 g/mol. The first-order valence-electron chi connectivity index (χ1n) is 8.65. The Hall–Kier alpha value is -3.16. The third-order valence-electron chi connectivity index (χ3n) is 4.19. The van der Waals surface area contributed by atoms with Crippen molar-refractivity contribution in [1.29, 1.82) is 0 Å². The maximum Gasteiger partial charge on any atom is 0.416 e. The molecule has 5 nitrogen and oxygen atoms in total. The quantitative estimate of drug-likeness (QED) is 0.678. The van der Waals surface area contributed by atoms with E-state index in [0.29, 0.717) is 28.4 Å². The zero-order valence-corrected chi connectivity index (χ0v) is 16.5. The van der Waals surface area contributed by atoms with Crippen LogP contribution in [0.4, 0.5) is 13.2 Å². The van der Waals surface area contributed by atoms with Crippen LogP contribution in [0.25, 0.3) is 6.08 Å². The highest BCUT2D eigenvalue weighted by Crippen LogP contribution is 2.38. The molecule has 0 spiro atoms. The Bertz CT molecular complexity index is 869. The van der Waals surface area contributed by atoms with E-state index in [-0.39, 0.29) is 0 Å². The molecule has 0 saturated heterocycles. The highest BCUT2D eigenvalue weighted by atomic mass is 19.4. The topological polar surface area (TPSA) is 56.8 Å². The number of nitrogens with one attached hydrogen (secondary N) is 1. The summed E-state index contributed by atoms with van der Waals surface area (Å²) in [6.45, 7) is 1.61. The number of hydrogen-bond acceptors (Lipinski definition) is 4. The molecule has 8 heteroatoms. The van der Waals surface area contributed by atoms with Crippen LogP contribution in [0.15, 0.2) is 42.5 Å². The number of amides is 1. The van der Waals surface area contributed by atoms with Crippen molar-refractivity contribution in [2.24, 2.45) is 0 Å². The molecule has 1 amide bonds. The Morgan fingerprint density at radius 2 is 1.66 bits per heavy atom. The summed E-state index contributed by atoms with van der Waals surface area (Å²) < 4.78 is 54.3. The summed E-state index contributed by atoms with van der Waals surface area (Å²) >= 11 is 0. The number of halogens is 3. The average Bonchev–Trinajstić information content (AvgIpc) is 2.70. The normalized spacial score (nSPS) is 12.5. The van der Waals surface area contributed by atoms with Gasteiger partial charge < -0.3 is 19.5 Å². The Kier molecular flexibility index (Phi) is 7.14. The van der Waals surface area contributed by atoms with Gasteiger partial charge in [0.05, 0.1) is 32.9 Å². The van der Waals surface area contributed by atoms with E-state index in [2.05, 4.69) is 5.32 Å². The molecule has 1 unspecified atom stereocenters. The van der Waals surface area contributed by atoms with Gasteiger partial charge in [0.2, 0.25) is 11.7 Å². The lowest BCUT2D eigenvalue weighted by Crippen LogP contribution is -2.24. The fraction of sp³-hybridized carbons (Fsp3) is 0.286. The van der Waals surface area contributed by atoms with Gasteiger partial charge in [0.1, 0.15) is 0 Å². The molecule has 0 heterocycles. The molecular weight excluding hydrogens is 387 g/mol. The van der Waals surface area contributed by atoms with Crippen molar-refractivity contribution in [3.05, 3.63) is 59.2 Å². The smallest absolute Gasteiger partial charge is 0.416 e. The van der Waals surface area contributed by atoms with Gasteiger partial charge in [-0.05, 0) is 48.4 Å². The van der Waals surface area contributed by atoms with Crippen LogP contribution >= 0.6 is 0 Å². The molecule has 0 aliphatic rings. The molecule has 0 aliphatic heterocycles. The van der Waals surface area contributed by atoms with E-state index in [0.717, 1.165) is 12.1 Å². The molecular formula is C21H22F3NO4. The van der Waals surface area contributed by atoms with Crippen molar-refractivity contribution in [3.63, 3.8) is 0 Å². The minimum atomic E-state index is -4.44. The summed E-state index contributed by atoms with van der Waals surface area (Å²) in [4.78, 5) is 12.2. The highest BCUT2D eigenvalue weighted by molar-refractivity contribution is 5.92. The first-order valence-corrected chi connectivity index (χ1v) is 8.65. The molecule has 1 N–H and O–H groups in total. The summed E-state index contributed by atoms with van der Waals surface area (Å²) in [5.41, 5.74) is 0.222. The minimum absolute atomic E-state index is 0.356. The first-order chi connectivity index (χ1) is 13.7. The van der Waals surface area contributed by atoms with Crippen LogP contribution in [0.1, 0.15) is 29.7 Å². The first kappa shape index (κ1) is 22.1. The zero-order valence-electron chi connectivity index (χ0n) is 16.5. The van der Waals surface area contributed by atoms with Gasteiger partial charge in [0, 0.05) is 6.08 Å². The number of alkyl halides is 3. The summed E-state index contributed by atoms with van der Waals surface area (Å²) in [6.07, 6.45) is -1.62. The Labute approximate surface area is 167 Å². The fourth-order valence-corrected chi connectivity index (χ4v) is 2.70. The summed E-state index contributed by atoms with van der Waals surface area (Å²) in [5, 5.41) is 2.64. The number of carbonyl (C=O) groups excluding carboxylic acids is 1. The largest absolute Gasteiger partial charge is 0.493 e. The van der Waals surface area contributed by atoms with Crippen molar-refractivity contribution in [2.45, 2.75) is 19.1 Å². The van der Waals surface area contributed by atoms with Crippen LogP contribution in [-0.2, 0) is 11.0 Å². The van der Waals surface area contributed by atoms with Crippen molar-refractivity contribution in [1.82, 2.24) is 5.32 Å². The lowest BCUT2D eigenvalue weighted by Gasteiger charge is -2.15. The van der Waals surface area contributed by atoms with Gasteiger partial charge in [-0.2, -0.15) is 13.2 Å². The number of carbonyl (C=O) groups is 1. The maximum absolute atomic E-state index is 12.9. The van der Waals surface area contributed by atoms with Gasteiger partial charge in [-0.1, -0.05) is 12.1 Å². The van der Waals surface area contributed by atoms with E-state index in [1.54, 1.807) is 25.1 Å². The molecule has 0 bridgehead atoms. The second kappa shape index (κ2) is 9.36. The predicted octanol–water partition coefficient (Wildman–Crippen LogP) is 4.62. The summed E-state index contributed by atoms with van der Waals surface area (Å²) in [7, 11) is 4.45. The fourth-order valence-electron chi connectivity index (χ4n) is 2.70. The molecule has 0 radical (unpaired) electrons. The van der Waals surface area contributed by atoms with E-state index >= 15 is 0 Å². The maximum atomic E-state index is 12.9. The summed E-state index contributed by atoms with van der Waals surface area (Å²) in [5.74, 6) is 0.840. The molecule has 1 atom stereocenters. The molecule has 2 aromatic rings. The Balaban J connectivity index is 2.14. The molecule has 0 aromatic heterocycles. The van der Waals surface area contributed by atoms with Crippen molar-refractivity contribution < 1.29 is 32.2 Å². The second-order valence-corrected chi connectivity index (χ2v) is 6.15. The predicted molar refractivity (Wildman–Crippen MR) is 103 cm³/mol. The van der Waals surface area contributed by atoms with E-state index in [1.807, 2.05) is 0 Å². The van der Waals surface area contributed by atoms with Gasteiger partial charge in [-0.25, -0.2) is 0 Å². The van der Waals surface area contributed by atoms with Crippen LogP contribution < -0.4 is 19.5 Å². The zero-order chi connectivity index (χ0) is 21.6. The van der Waals surface area contributed by atoms with Crippen molar-refractivity contribution >= 4 is 12.0 Å². The third-order valence-corrected chi connectivity index (χ3v) is 4.19. The molecule has 29 heavy (non-hydrogen) atoms. The Morgan fingerprint density at radius 1 is 1.03 bits per heavy atom. The second-order valence-electron chi connectivity index (χ2n) is 6.15. The molecule has 2 aromatic carbocycles. The number of ether oxygens (including phenoxy) is 3. The lowest BCUT2D eigenvalue weighted by molar-refractivity contribution is -0.137. The van der Waals surface area contributed by atoms with Crippen LogP contribution in [0.5, 0.6) is 17.2 Å². The van der Waals surface area contributed by atoms with E-state index in [4.69, 9.17) is 14.2 Å². The van der Waals surface area contributed by atoms with Gasteiger partial charge in [-0.3, -0.25) is 4.79 Å². The van der Waals surface area contributed by atoms with E-state index in [9.17, 15) is 18.0 Å². The molecule has 0 saturated carbocycles. The van der Waals surface area contributed by atoms with E-state index in [1.165, 1.54) is 39.5 Å². The number of hydrogen-bond donors (Lipinski definition) is 1. The lowest BCUT2D eigenvalue weighted by atomic mass is 10.0. The SMILES string of the molecule is COc1cc(/C=C/C(=O)NC(C)c2cccc(C(F)(F)F)c2)cc(OC)c1OC. The van der Waals surface area contributed by atoms with Crippen LogP contribution in [0.2, 0.25) is 0 Å². The molecule has 156 valence electrons. The number of methoxy groups -OCH3 is 3. The third kappa shape index (κ3) is 5.66.